The third kappa shape index (κ3) is 3.70. The van der Waals surface area contributed by atoms with Gasteiger partial charge in [-0.25, -0.2) is 0 Å². The first-order valence-electron chi connectivity index (χ1n) is 8.93. The van der Waals surface area contributed by atoms with Crippen molar-refractivity contribution in [1.29, 1.82) is 0 Å². The zero-order valence-corrected chi connectivity index (χ0v) is 14.8. The van der Waals surface area contributed by atoms with Crippen LogP contribution in [0, 0.1) is 0 Å². The number of aliphatic hydroxyl groups is 1. The van der Waals surface area contributed by atoms with Gasteiger partial charge in [0.05, 0.1) is 17.7 Å². The molecular formula is C19H18F3N5O. The van der Waals surface area contributed by atoms with Crippen LogP contribution in [-0.2, 0) is 6.18 Å². The van der Waals surface area contributed by atoms with Crippen molar-refractivity contribution in [3.8, 4) is 11.4 Å². The molecule has 1 aromatic heterocycles. The molecule has 4 rings (SSSR count). The van der Waals surface area contributed by atoms with Crippen LogP contribution in [-0.4, -0.2) is 31.4 Å². The number of alkyl halides is 3. The second-order valence-corrected chi connectivity index (χ2v) is 6.74. The summed E-state index contributed by atoms with van der Waals surface area (Å²) >= 11 is 0. The van der Waals surface area contributed by atoms with Crippen molar-refractivity contribution < 1.29 is 18.3 Å². The number of halogens is 3. The summed E-state index contributed by atoms with van der Waals surface area (Å²) in [5.74, 6) is 0.383. The van der Waals surface area contributed by atoms with Crippen molar-refractivity contribution in [2.75, 3.05) is 5.32 Å². The smallest absolute Gasteiger partial charge is 0.391 e. The van der Waals surface area contributed by atoms with Gasteiger partial charge in [0.2, 0.25) is 5.82 Å². The van der Waals surface area contributed by atoms with Crippen LogP contribution >= 0.6 is 0 Å². The van der Waals surface area contributed by atoms with Crippen LogP contribution < -0.4 is 5.32 Å². The van der Waals surface area contributed by atoms with Gasteiger partial charge in [0, 0.05) is 16.9 Å². The average Bonchev–Trinajstić information content (AvgIpc) is 3.31. The molecule has 0 spiro atoms. The summed E-state index contributed by atoms with van der Waals surface area (Å²) in [6, 6.07) is 11.8. The summed E-state index contributed by atoms with van der Waals surface area (Å²) in [6.07, 6.45) is -2.43. The Labute approximate surface area is 159 Å². The molecule has 1 saturated carbocycles. The highest BCUT2D eigenvalue weighted by Crippen LogP contribution is 2.33. The quantitative estimate of drug-likeness (QED) is 0.700. The number of aliphatic hydroxyl groups excluding tert-OH is 1. The van der Waals surface area contributed by atoms with Crippen LogP contribution in [0.5, 0.6) is 0 Å². The van der Waals surface area contributed by atoms with Crippen molar-refractivity contribution in [1.82, 2.24) is 20.2 Å². The molecule has 6 nitrogen and oxygen atoms in total. The van der Waals surface area contributed by atoms with Gasteiger partial charge in [-0.15, -0.1) is 10.2 Å². The van der Waals surface area contributed by atoms with Gasteiger partial charge in [0.1, 0.15) is 0 Å². The van der Waals surface area contributed by atoms with Gasteiger partial charge in [-0.05, 0) is 60.9 Å². The molecule has 3 aromatic rings. The van der Waals surface area contributed by atoms with Gasteiger partial charge >= 0.3 is 6.18 Å². The molecule has 28 heavy (non-hydrogen) atoms. The SMILES string of the molecule is OC1CCCC1n1nnc(-c2ccccc2Nc2ccc(C(F)(F)F)cc2)n1. The standard InChI is InChI=1S/C19H18F3N5O/c20-19(21,22)12-8-10-13(11-9-12)23-15-5-2-1-4-14(15)18-24-26-27(25-18)16-6-3-7-17(16)28/h1-2,4-5,8-11,16-17,23,28H,3,6-7H2. The first-order chi connectivity index (χ1) is 13.4. The molecule has 1 aliphatic carbocycles. The Morgan fingerprint density at radius 2 is 1.79 bits per heavy atom. The number of nitrogens with zero attached hydrogens (tertiary/aromatic N) is 4. The molecule has 0 aliphatic heterocycles. The summed E-state index contributed by atoms with van der Waals surface area (Å²) in [6.45, 7) is 0. The van der Waals surface area contributed by atoms with Crippen molar-refractivity contribution in [3.63, 3.8) is 0 Å². The monoisotopic (exact) mass is 389 g/mol. The lowest BCUT2D eigenvalue weighted by molar-refractivity contribution is -0.137. The fourth-order valence-electron chi connectivity index (χ4n) is 3.35. The first kappa shape index (κ1) is 18.4. The number of anilines is 2. The molecule has 1 heterocycles. The Morgan fingerprint density at radius 3 is 2.46 bits per heavy atom. The third-order valence-corrected chi connectivity index (χ3v) is 4.83. The number of tetrazole rings is 1. The van der Waals surface area contributed by atoms with E-state index in [4.69, 9.17) is 0 Å². The van der Waals surface area contributed by atoms with Gasteiger partial charge < -0.3 is 10.4 Å². The lowest BCUT2D eigenvalue weighted by Gasteiger charge is -2.12. The van der Waals surface area contributed by atoms with E-state index in [-0.39, 0.29) is 6.04 Å². The lowest BCUT2D eigenvalue weighted by atomic mass is 10.1. The maximum atomic E-state index is 12.7. The van der Waals surface area contributed by atoms with E-state index in [1.54, 1.807) is 18.2 Å². The Bertz CT molecular complexity index is 955. The Hall–Kier alpha value is -2.94. The minimum Gasteiger partial charge on any atom is -0.391 e. The Kier molecular flexibility index (Phi) is 4.76. The summed E-state index contributed by atoms with van der Waals surface area (Å²) in [5, 5.41) is 25.7. The molecule has 1 fully saturated rings. The van der Waals surface area contributed by atoms with Gasteiger partial charge in [0.25, 0.3) is 0 Å². The highest BCUT2D eigenvalue weighted by molar-refractivity contribution is 5.77. The summed E-state index contributed by atoms with van der Waals surface area (Å²) in [4.78, 5) is 1.45. The van der Waals surface area contributed by atoms with Gasteiger partial charge in [-0.3, -0.25) is 0 Å². The second-order valence-electron chi connectivity index (χ2n) is 6.74. The largest absolute Gasteiger partial charge is 0.416 e. The maximum absolute atomic E-state index is 12.7. The van der Waals surface area contributed by atoms with E-state index in [9.17, 15) is 18.3 Å². The zero-order chi connectivity index (χ0) is 19.7. The van der Waals surface area contributed by atoms with Crippen LogP contribution in [0.15, 0.2) is 48.5 Å². The van der Waals surface area contributed by atoms with Crippen molar-refractivity contribution >= 4 is 11.4 Å². The van der Waals surface area contributed by atoms with E-state index in [1.807, 2.05) is 6.07 Å². The average molecular weight is 389 g/mol. The van der Waals surface area contributed by atoms with Crippen LogP contribution in [0.3, 0.4) is 0 Å². The maximum Gasteiger partial charge on any atom is 0.416 e. The summed E-state index contributed by atoms with van der Waals surface area (Å²) < 4.78 is 38.2. The molecule has 0 radical (unpaired) electrons. The normalized spacial score (nSPS) is 19.7. The number of nitrogens with one attached hydrogen (secondary N) is 1. The minimum absolute atomic E-state index is 0.184. The van der Waals surface area contributed by atoms with E-state index < -0.39 is 17.8 Å². The van der Waals surface area contributed by atoms with Crippen molar-refractivity contribution in [3.05, 3.63) is 54.1 Å². The highest BCUT2D eigenvalue weighted by atomic mass is 19.4. The summed E-state index contributed by atoms with van der Waals surface area (Å²) in [5.41, 5.74) is 1.13. The number of rotatable bonds is 4. The van der Waals surface area contributed by atoms with E-state index in [1.165, 1.54) is 16.9 Å². The molecule has 0 bridgehead atoms. The van der Waals surface area contributed by atoms with E-state index in [2.05, 4.69) is 20.7 Å². The van der Waals surface area contributed by atoms with Crippen LogP contribution in [0.1, 0.15) is 30.9 Å². The molecule has 9 heteroatoms. The molecule has 1 aliphatic rings. The lowest BCUT2D eigenvalue weighted by Crippen LogP contribution is -2.20. The molecule has 146 valence electrons. The molecule has 0 saturated heterocycles. The molecular weight excluding hydrogens is 371 g/mol. The van der Waals surface area contributed by atoms with Crippen molar-refractivity contribution in [2.45, 2.75) is 37.6 Å². The van der Waals surface area contributed by atoms with Crippen LogP contribution in [0.4, 0.5) is 24.5 Å². The molecule has 2 unspecified atom stereocenters. The van der Waals surface area contributed by atoms with Crippen LogP contribution in [0.2, 0.25) is 0 Å². The Morgan fingerprint density at radius 1 is 1.04 bits per heavy atom. The third-order valence-electron chi connectivity index (χ3n) is 4.83. The predicted molar refractivity (Wildman–Crippen MR) is 96.9 cm³/mol. The van der Waals surface area contributed by atoms with Crippen LogP contribution in [0.25, 0.3) is 11.4 Å². The van der Waals surface area contributed by atoms with Crippen molar-refractivity contribution in [2.24, 2.45) is 0 Å². The van der Waals surface area contributed by atoms with Gasteiger partial charge in [-0.1, -0.05) is 12.1 Å². The minimum atomic E-state index is -4.37. The topological polar surface area (TPSA) is 75.9 Å². The second kappa shape index (κ2) is 7.23. The fourth-order valence-corrected chi connectivity index (χ4v) is 3.35. The number of hydrogen-bond donors (Lipinski definition) is 2. The molecule has 0 amide bonds. The predicted octanol–water partition coefficient (Wildman–Crippen LogP) is 4.19. The Balaban J connectivity index is 1.58. The number of hydrogen-bond acceptors (Lipinski definition) is 5. The number of para-hydroxylation sites is 1. The van der Waals surface area contributed by atoms with E-state index >= 15 is 0 Å². The molecule has 2 aromatic carbocycles. The molecule has 2 N–H and O–H groups in total. The van der Waals surface area contributed by atoms with E-state index in [0.717, 1.165) is 25.0 Å². The summed E-state index contributed by atoms with van der Waals surface area (Å²) in [7, 11) is 0. The van der Waals surface area contributed by atoms with Gasteiger partial charge in [-0.2, -0.15) is 18.0 Å². The zero-order valence-electron chi connectivity index (χ0n) is 14.8. The first-order valence-corrected chi connectivity index (χ1v) is 8.93. The van der Waals surface area contributed by atoms with Gasteiger partial charge in [0.15, 0.2) is 0 Å². The van der Waals surface area contributed by atoms with E-state index in [0.29, 0.717) is 29.2 Å². The number of aromatic nitrogens is 4. The highest BCUT2D eigenvalue weighted by Gasteiger charge is 2.30. The fraction of sp³-hybridized carbons (Fsp3) is 0.316. The molecule has 2 atom stereocenters. The number of benzene rings is 2.